The minimum atomic E-state index is -0.0380. The third-order valence-corrected chi connectivity index (χ3v) is 4.13. The van der Waals surface area contributed by atoms with E-state index in [2.05, 4.69) is 5.32 Å². The van der Waals surface area contributed by atoms with Crippen LogP contribution in [0.3, 0.4) is 0 Å². The van der Waals surface area contributed by atoms with E-state index in [0.29, 0.717) is 13.2 Å². The molecule has 4 nitrogen and oxygen atoms in total. The van der Waals surface area contributed by atoms with Gasteiger partial charge in [-0.15, -0.1) is 11.3 Å². The Hall–Kier alpha value is -0.910. The van der Waals surface area contributed by atoms with E-state index in [1.54, 1.807) is 0 Å². The zero-order valence-corrected chi connectivity index (χ0v) is 12.1. The molecule has 0 bridgehead atoms. The van der Waals surface area contributed by atoms with E-state index in [-0.39, 0.29) is 12.2 Å². The Morgan fingerprint density at radius 1 is 1.58 bits per heavy atom. The number of aryl methyl sites for hydroxylation is 1. The summed E-state index contributed by atoms with van der Waals surface area (Å²) in [6.45, 7) is 4.03. The van der Waals surface area contributed by atoms with Gasteiger partial charge in [-0.1, -0.05) is 0 Å². The van der Waals surface area contributed by atoms with Crippen LogP contribution in [0.4, 0.5) is 0 Å². The minimum absolute atomic E-state index is 0.0152. The Balaban J connectivity index is 1.56. The molecule has 2 heterocycles. The largest absolute Gasteiger partial charge is 0.353 e. The fourth-order valence-electron chi connectivity index (χ4n) is 2.02. The fourth-order valence-corrected chi connectivity index (χ4v) is 2.86. The third kappa shape index (κ3) is 4.60. The van der Waals surface area contributed by atoms with Crippen molar-refractivity contribution >= 4 is 17.2 Å². The van der Waals surface area contributed by atoms with Crippen LogP contribution in [-0.4, -0.2) is 32.0 Å². The number of hydrogen-bond donors (Lipinski definition) is 1. The molecular weight excluding hydrogens is 262 g/mol. The lowest BCUT2D eigenvalue weighted by Crippen LogP contribution is -2.27. The molecule has 0 aromatic carbocycles. The lowest BCUT2D eigenvalue weighted by atomic mass is 10.2. The highest BCUT2D eigenvalue weighted by molar-refractivity contribution is 7.12. The minimum Gasteiger partial charge on any atom is -0.353 e. The van der Waals surface area contributed by atoms with E-state index in [4.69, 9.17) is 9.47 Å². The number of hydrogen-bond acceptors (Lipinski definition) is 4. The molecule has 1 amide bonds. The van der Waals surface area contributed by atoms with E-state index >= 15 is 0 Å². The first-order chi connectivity index (χ1) is 9.27. The second kappa shape index (κ2) is 7.62. The third-order valence-electron chi connectivity index (χ3n) is 3.12. The predicted octanol–water partition coefficient (Wildman–Crippen LogP) is 2.72. The summed E-state index contributed by atoms with van der Waals surface area (Å²) < 4.78 is 11.1. The van der Waals surface area contributed by atoms with Crippen molar-refractivity contribution in [1.82, 2.24) is 5.32 Å². The van der Waals surface area contributed by atoms with Crippen LogP contribution in [0, 0.1) is 6.92 Å². The number of ether oxygens (including phenoxy) is 2. The van der Waals surface area contributed by atoms with Gasteiger partial charge in [-0.2, -0.15) is 0 Å². The number of nitrogens with one attached hydrogen (secondary N) is 1. The van der Waals surface area contributed by atoms with Gasteiger partial charge in [0.05, 0.1) is 11.5 Å². The normalized spacial score (nSPS) is 19.3. The molecule has 1 saturated heterocycles. The highest BCUT2D eigenvalue weighted by Gasteiger charge is 2.13. The first kappa shape index (κ1) is 14.5. The summed E-state index contributed by atoms with van der Waals surface area (Å²) in [5, 5.41) is 4.85. The molecule has 2 rings (SSSR count). The number of amides is 1. The maximum absolute atomic E-state index is 11.8. The summed E-state index contributed by atoms with van der Waals surface area (Å²) in [7, 11) is 0. The first-order valence-corrected chi connectivity index (χ1v) is 7.71. The van der Waals surface area contributed by atoms with Crippen molar-refractivity contribution in [1.29, 1.82) is 0 Å². The summed E-state index contributed by atoms with van der Waals surface area (Å²) in [5.41, 5.74) is 1.04. The molecule has 0 saturated carbocycles. The van der Waals surface area contributed by atoms with Gasteiger partial charge in [0.25, 0.3) is 5.91 Å². The fraction of sp³-hybridized carbons (Fsp3) is 0.643. The van der Waals surface area contributed by atoms with Crippen molar-refractivity contribution in [2.75, 3.05) is 19.8 Å². The number of thiophene rings is 1. The van der Waals surface area contributed by atoms with E-state index in [1.807, 2.05) is 18.4 Å². The van der Waals surface area contributed by atoms with Crippen LogP contribution >= 0.6 is 11.3 Å². The molecule has 0 spiro atoms. The van der Waals surface area contributed by atoms with Crippen molar-refractivity contribution in [3.05, 3.63) is 21.9 Å². The van der Waals surface area contributed by atoms with Gasteiger partial charge >= 0.3 is 0 Å². The molecule has 0 aliphatic carbocycles. The van der Waals surface area contributed by atoms with E-state index in [1.165, 1.54) is 17.8 Å². The lowest BCUT2D eigenvalue weighted by molar-refractivity contribution is -0.162. The highest BCUT2D eigenvalue weighted by atomic mass is 32.1. The molecular formula is C14H21NO3S. The molecule has 19 heavy (non-hydrogen) atoms. The van der Waals surface area contributed by atoms with Crippen molar-refractivity contribution in [3.8, 4) is 0 Å². The van der Waals surface area contributed by atoms with Crippen LogP contribution < -0.4 is 5.32 Å². The van der Waals surface area contributed by atoms with Gasteiger partial charge in [-0.3, -0.25) is 4.79 Å². The van der Waals surface area contributed by atoms with Crippen LogP contribution in [0.5, 0.6) is 0 Å². The van der Waals surface area contributed by atoms with Crippen LogP contribution in [0.2, 0.25) is 0 Å². The Morgan fingerprint density at radius 2 is 2.47 bits per heavy atom. The quantitative estimate of drug-likeness (QED) is 0.817. The Labute approximate surface area is 118 Å². The van der Waals surface area contributed by atoms with Gasteiger partial charge in [-0.25, -0.2) is 0 Å². The van der Waals surface area contributed by atoms with Crippen LogP contribution in [-0.2, 0) is 9.47 Å². The van der Waals surface area contributed by atoms with E-state index in [0.717, 1.165) is 36.3 Å². The summed E-state index contributed by atoms with van der Waals surface area (Å²) in [4.78, 5) is 12.6. The SMILES string of the molecule is Cc1ccsc1C(=O)NCCCO[C@H]1CCCCO1. The summed E-state index contributed by atoms with van der Waals surface area (Å²) in [5.74, 6) is 0.0152. The summed E-state index contributed by atoms with van der Waals surface area (Å²) in [6, 6.07) is 1.96. The van der Waals surface area contributed by atoms with Gasteiger partial charge in [0.15, 0.2) is 6.29 Å². The number of carbonyl (C=O) groups excluding carboxylic acids is 1. The van der Waals surface area contributed by atoms with E-state index < -0.39 is 0 Å². The molecule has 0 radical (unpaired) electrons. The Kier molecular flexibility index (Phi) is 5.82. The Morgan fingerprint density at radius 3 is 3.16 bits per heavy atom. The van der Waals surface area contributed by atoms with Gasteiger partial charge < -0.3 is 14.8 Å². The van der Waals surface area contributed by atoms with Crippen molar-refractivity contribution < 1.29 is 14.3 Å². The smallest absolute Gasteiger partial charge is 0.261 e. The average molecular weight is 283 g/mol. The predicted molar refractivity (Wildman–Crippen MR) is 75.5 cm³/mol. The Bertz CT molecular complexity index is 399. The van der Waals surface area contributed by atoms with Crippen LogP contribution in [0.1, 0.15) is 40.9 Å². The first-order valence-electron chi connectivity index (χ1n) is 6.83. The zero-order chi connectivity index (χ0) is 13.5. The molecule has 1 aliphatic rings. The number of rotatable bonds is 6. The monoisotopic (exact) mass is 283 g/mol. The molecule has 5 heteroatoms. The second-order valence-electron chi connectivity index (χ2n) is 4.71. The van der Waals surface area contributed by atoms with Gasteiger partial charge in [0.2, 0.25) is 0 Å². The summed E-state index contributed by atoms with van der Waals surface area (Å²) in [6.07, 6.45) is 4.08. The van der Waals surface area contributed by atoms with Gasteiger partial charge in [0, 0.05) is 13.2 Å². The maximum atomic E-state index is 11.8. The zero-order valence-electron chi connectivity index (χ0n) is 11.3. The van der Waals surface area contributed by atoms with Crippen molar-refractivity contribution in [2.45, 2.75) is 38.9 Å². The van der Waals surface area contributed by atoms with Crippen molar-refractivity contribution in [2.24, 2.45) is 0 Å². The standard InChI is InChI=1S/C14H21NO3S/c1-11-6-10-19-13(11)14(16)15-7-4-9-18-12-5-2-3-8-17-12/h6,10,12H,2-5,7-9H2,1H3,(H,15,16)/t12-/m0/s1. The topological polar surface area (TPSA) is 47.6 Å². The van der Waals surface area contributed by atoms with Crippen LogP contribution in [0.15, 0.2) is 11.4 Å². The molecule has 1 aromatic rings. The van der Waals surface area contributed by atoms with Gasteiger partial charge in [0.1, 0.15) is 0 Å². The highest BCUT2D eigenvalue weighted by Crippen LogP contribution is 2.15. The van der Waals surface area contributed by atoms with E-state index in [9.17, 15) is 4.79 Å². The molecule has 1 aromatic heterocycles. The second-order valence-corrected chi connectivity index (χ2v) is 5.63. The van der Waals surface area contributed by atoms with Gasteiger partial charge in [-0.05, 0) is 49.6 Å². The maximum Gasteiger partial charge on any atom is 0.261 e. The van der Waals surface area contributed by atoms with Crippen LogP contribution in [0.25, 0.3) is 0 Å². The average Bonchev–Trinajstić information content (AvgIpc) is 2.86. The molecule has 1 fully saturated rings. The molecule has 1 atom stereocenters. The molecule has 1 aliphatic heterocycles. The number of carbonyl (C=O) groups is 1. The molecule has 1 N–H and O–H groups in total. The van der Waals surface area contributed by atoms with Crippen molar-refractivity contribution in [3.63, 3.8) is 0 Å². The summed E-state index contributed by atoms with van der Waals surface area (Å²) >= 11 is 1.48. The lowest BCUT2D eigenvalue weighted by Gasteiger charge is -2.22. The molecule has 106 valence electrons. The molecule has 0 unspecified atom stereocenters.